The van der Waals surface area contributed by atoms with Gasteiger partial charge in [-0.15, -0.1) is 0 Å². The minimum absolute atomic E-state index is 0.439. The average molecular weight is 150 g/mol. The molecule has 11 heavy (non-hydrogen) atoms. The Morgan fingerprint density at radius 1 is 1.55 bits per heavy atom. The smallest absolute Gasteiger partial charge is 0.231 e. The molecule has 1 aromatic carbocycles. The maximum Gasteiger partial charge on any atom is 0.231 e. The lowest BCUT2D eigenvalue weighted by atomic mass is 10.0. The highest BCUT2D eigenvalue weighted by Crippen LogP contribution is 2.30. The maximum atomic E-state index is 11.4. The van der Waals surface area contributed by atoms with E-state index in [2.05, 4.69) is 5.32 Å². The first kappa shape index (κ1) is 3.90. The van der Waals surface area contributed by atoms with Crippen molar-refractivity contribution in [3.05, 3.63) is 29.8 Å². The van der Waals surface area contributed by atoms with Gasteiger partial charge in [-0.25, -0.2) is 0 Å². The van der Waals surface area contributed by atoms with Crippen LogP contribution in [0.4, 0.5) is 5.69 Å². The van der Waals surface area contributed by atoms with Crippen LogP contribution in [0.3, 0.4) is 0 Å². The van der Waals surface area contributed by atoms with Gasteiger partial charge in [0.2, 0.25) is 5.91 Å². The van der Waals surface area contributed by atoms with E-state index in [1.54, 1.807) is 24.3 Å². The summed E-state index contributed by atoms with van der Waals surface area (Å²) in [6.07, 6.45) is 0. The quantitative estimate of drug-likeness (QED) is 0.599. The standard InChI is InChI=1S/C9H9NO/c1-6-7-4-2-3-5-8(7)10-9(6)11/h2-6H,1H3,(H,10,11)/i1D3. The second-order valence-corrected chi connectivity index (χ2v) is 2.51. The van der Waals surface area contributed by atoms with Gasteiger partial charge in [-0.2, -0.15) is 0 Å². The molecular weight excluding hydrogens is 138 g/mol. The molecule has 2 nitrogen and oxygen atoms in total. The molecule has 1 aliphatic rings. The van der Waals surface area contributed by atoms with Gasteiger partial charge >= 0.3 is 0 Å². The number of anilines is 1. The molecule has 0 bridgehead atoms. The number of fused-ring (bicyclic) bond motifs is 1. The van der Waals surface area contributed by atoms with Crippen LogP contribution in [0.15, 0.2) is 24.3 Å². The third-order valence-corrected chi connectivity index (χ3v) is 1.79. The Hall–Kier alpha value is -1.31. The summed E-state index contributed by atoms with van der Waals surface area (Å²) in [5.74, 6) is -1.45. The van der Waals surface area contributed by atoms with Crippen molar-refractivity contribution >= 4 is 11.6 Å². The summed E-state index contributed by atoms with van der Waals surface area (Å²) < 4.78 is 21.8. The summed E-state index contributed by atoms with van der Waals surface area (Å²) >= 11 is 0. The van der Waals surface area contributed by atoms with Crippen LogP contribution in [0.5, 0.6) is 0 Å². The van der Waals surface area contributed by atoms with E-state index in [1.165, 1.54) is 0 Å². The molecule has 56 valence electrons. The highest BCUT2D eigenvalue weighted by atomic mass is 16.2. The van der Waals surface area contributed by atoms with Crippen LogP contribution in [0.25, 0.3) is 0 Å². The summed E-state index contributed by atoms with van der Waals surface area (Å²) in [5, 5.41) is 2.56. The Morgan fingerprint density at radius 3 is 3.18 bits per heavy atom. The summed E-state index contributed by atoms with van der Waals surface area (Å²) in [5.41, 5.74) is 1.18. The molecule has 0 saturated carbocycles. The number of benzene rings is 1. The molecule has 1 unspecified atom stereocenters. The number of amides is 1. The fourth-order valence-electron chi connectivity index (χ4n) is 1.21. The van der Waals surface area contributed by atoms with E-state index in [4.69, 9.17) is 4.11 Å². The van der Waals surface area contributed by atoms with Crippen molar-refractivity contribution in [3.63, 3.8) is 0 Å². The molecule has 0 fully saturated rings. The lowest BCUT2D eigenvalue weighted by Gasteiger charge is -1.97. The molecule has 1 aliphatic heterocycles. The van der Waals surface area contributed by atoms with Gasteiger partial charge in [-0.1, -0.05) is 18.2 Å². The molecule has 0 aliphatic carbocycles. The summed E-state index contributed by atoms with van der Waals surface area (Å²) in [7, 11) is 0. The zero-order valence-electron chi connectivity index (χ0n) is 8.79. The molecule has 0 aromatic heterocycles. The van der Waals surface area contributed by atoms with Gasteiger partial charge in [0, 0.05) is 9.80 Å². The van der Waals surface area contributed by atoms with Crippen molar-refractivity contribution < 1.29 is 8.91 Å². The number of carbonyl (C=O) groups is 1. The van der Waals surface area contributed by atoms with Crippen LogP contribution in [-0.4, -0.2) is 5.91 Å². The third kappa shape index (κ3) is 0.827. The molecular formula is C9H9NO. The molecule has 1 heterocycles. The third-order valence-electron chi connectivity index (χ3n) is 1.79. The van der Waals surface area contributed by atoms with E-state index in [0.29, 0.717) is 11.3 Å². The van der Waals surface area contributed by atoms with Gasteiger partial charge < -0.3 is 5.32 Å². The number of rotatable bonds is 0. The minimum Gasteiger partial charge on any atom is -0.325 e. The predicted octanol–water partition coefficient (Wildman–Crippen LogP) is 1.74. The number of nitrogens with one attached hydrogen (secondary N) is 1. The van der Waals surface area contributed by atoms with Gasteiger partial charge in [-0.05, 0) is 18.5 Å². The first-order chi connectivity index (χ1) is 6.50. The Morgan fingerprint density at radius 2 is 2.36 bits per heavy atom. The fourth-order valence-corrected chi connectivity index (χ4v) is 1.21. The molecule has 1 amide bonds. The average Bonchev–Trinajstić information content (AvgIpc) is 2.38. The second-order valence-electron chi connectivity index (χ2n) is 2.51. The predicted molar refractivity (Wildman–Crippen MR) is 43.5 cm³/mol. The molecule has 1 atom stereocenters. The van der Waals surface area contributed by atoms with E-state index >= 15 is 0 Å². The van der Waals surface area contributed by atoms with Crippen molar-refractivity contribution in [1.29, 1.82) is 0 Å². The van der Waals surface area contributed by atoms with Crippen molar-refractivity contribution in [1.82, 2.24) is 0 Å². The highest BCUT2D eigenvalue weighted by Gasteiger charge is 2.25. The van der Waals surface area contributed by atoms with Gasteiger partial charge in [-0.3, -0.25) is 4.79 Å². The molecule has 0 spiro atoms. The van der Waals surface area contributed by atoms with E-state index in [-0.39, 0.29) is 0 Å². The second kappa shape index (κ2) is 2.09. The summed E-state index contributed by atoms with van der Waals surface area (Å²) in [4.78, 5) is 11.4. The first-order valence-corrected chi connectivity index (χ1v) is 3.40. The van der Waals surface area contributed by atoms with Gasteiger partial charge in [0.25, 0.3) is 0 Å². The minimum atomic E-state index is -2.27. The lowest BCUT2D eigenvalue weighted by Crippen LogP contribution is -2.08. The maximum absolute atomic E-state index is 11.4. The van der Waals surface area contributed by atoms with Crippen LogP contribution in [0.1, 0.15) is 22.4 Å². The van der Waals surface area contributed by atoms with Gasteiger partial charge in [0.1, 0.15) is 0 Å². The number of hydrogen-bond acceptors (Lipinski definition) is 1. The summed E-state index contributed by atoms with van der Waals surface area (Å²) in [6.45, 7) is -2.27. The van der Waals surface area contributed by atoms with E-state index < -0.39 is 18.7 Å². The number of carbonyl (C=O) groups excluding carboxylic acids is 1. The van der Waals surface area contributed by atoms with E-state index in [9.17, 15) is 4.79 Å². The Balaban J connectivity index is 2.50. The van der Waals surface area contributed by atoms with Crippen molar-refractivity contribution in [2.24, 2.45) is 0 Å². The Kier molecular flexibility index (Phi) is 0.741. The summed E-state index contributed by atoms with van der Waals surface area (Å²) in [6, 6.07) is 6.88. The zero-order chi connectivity index (χ0) is 10.3. The van der Waals surface area contributed by atoms with Crippen LogP contribution >= 0.6 is 0 Å². The molecule has 1 N–H and O–H groups in total. The molecule has 2 rings (SSSR count). The zero-order valence-corrected chi connectivity index (χ0v) is 5.79. The van der Waals surface area contributed by atoms with Crippen LogP contribution in [0.2, 0.25) is 0 Å². The molecule has 0 saturated heterocycles. The SMILES string of the molecule is [2H]C([2H])([2H])C1C(=O)Nc2ccccc21. The number of para-hydroxylation sites is 1. The Bertz CT molecular complexity index is 386. The van der Waals surface area contributed by atoms with Crippen LogP contribution in [0, 0.1) is 0 Å². The van der Waals surface area contributed by atoms with E-state index in [0.717, 1.165) is 0 Å². The highest BCUT2D eigenvalue weighted by molar-refractivity contribution is 6.02. The van der Waals surface area contributed by atoms with Crippen molar-refractivity contribution in [2.45, 2.75) is 12.8 Å². The monoisotopic (exact) mass is 150 g/mol. The first-order valence-electron chi connectivity index (χ1n) is 4.90. The van der Waals surface area contributed by atoms with Crippen molar-refractivity contribution in [3.8, 4) is 0 Å². The molecule has 1 aromatic rings. The fraction of sp³-hybridized carbons (Fsp3) is 0.222. The van der Waals surface area contributed by atoms with Gasteiger partial charge in [0.05, 0.1) is 5.92 Å². The normalized spacial score (nSPS) is 26.4. The lowest BCUT2D eigenvalue weighted by molar-refractivity contribution is -0.116. The Labute approximate surface area is 69.4 Å². The van der Waals surface area contributed by atoms with Crippen LogP contribution < -0.4 is 5.32 Å². The topological polar surface area (TPSA) is 29.1 Å². The molecule has 0 radical (unpaired) electrons. The van der Waals surface area contributed by atoms with E-state index in [1.807, 2.05) is 0 Å². The molecule has 2 heteroatoms. The largest absolute Gasteiger partial charge is 0.325 e. The van der Waals surface area contributed by atoms with Crippen LogP contribution in [-0.2, 0) is 4.79 Å². The number of hydrogen-bond donors (Lipinski definition) is 1. The van der Waals surface area contributed by atoms with Crippen molar-refractivity contribution in [2.75, 3.05) is 5.32 Å². The van der Waals surface area contributed by atoms with Gasteiger partial charge in [0.15, 0.2) is 0 Å².